The number of hydrogen-bond donors (Lipinski definition) is 2. The summed E-state index contributed by atoms with van der Waals surface area (Å²) in [6.45, 7) is -0.0711. The molecule has 0 aliphatic carbocycles. The molecular formula is C13H15NO5. The molecule has 1 aromatic carbocycles. The predicted molar refractivity (Wildman–Crippen MR) is 70.2 cm³/mol. The van der Waals surface area contributed by atoms with Crippen LogP contribution in [0.2, 0.25) is 0 Å². The highest BCUT2D eigenvalue weighted by molar-refractivity contribution is 5.94. The molecule has 0 aliphatic heterocycles. The Kier molecular flexibility index (Phi) is 5.56. The van der Waals surface area contributed by atoms with Crippen LogP contribution in [-0.2, 0) is 14.3 Å². The Hall–Kier alpha value is -2.34. The number of carbonyl (C=O) groups excluding carboxylic acids is 1. The summed E-state index contributed by atoms with van der Waals surface area (Å²) in [6.07, 6.45) is 2.44. The smallest absolute Gasteiger partial charge is 0.328 e. The molecule has 0 atom stereocenters. The van der Waals surface area contributed by atoms with Crippen LogP contribution in [0.1, 0.15) is 5.56 Å². The number of carbonyl (C=O) groups is 2. The van der Waals surface area contributed by atoms with Gasteiger partial charge in [0.05, 0.1) is 12.8 Å². The number of aliphatic carboxylic acids is 1. The Balaban J connectivity index is 2.95. The van der Waals surface area contributed by atoms with E-state index in [4.69, 9.17) is 14.6 Å². The van der Waals surface area contributed by atoms with Gasteiger partial charge >= 0.3 is 5.97 Å². The zero-order chi connectivity index (χ0) is 14.3. The molecule has 6 heteroatoms. The number of benzene rings is 1. The minimum absolute atomic E-state index is 0.0711. The fourth-order valence-electron chi connectivity index (χ4n) is 1.41. The topological polar surface area (TPSA) is 84.9 Å². The van der Waals surface area contributed by atoms with Gasteiger partial charge in [0.15, 0.2) is 0 Å². The van der Waals surface area contributed by atoms with Crippen LogP contribution in [-0.4, -0.2) is 37.8 Å². The normalized spacial score (nSPS) is 10.4. The Bertz CT molecular complexity index is 496. The van der Waals surface area contributed by atoms with Crippen molar-refractivity contribution in [2.24, 2.45) is 0 Å². The molecule has 0 radical (unpaired) electrons. The fraction of sp³-hybridized carbons (Fsp3) is 0.231. The molecule has 6 nitrogen and oxygen atoms in total. The number of carboxylic acids is 1. The van der Waals surface area contributed by atoms with Gasteiger partial charge in [-0.25, -0.2) is 4.79 Å². The second-order valence-corrected chi connectivity index (χ2v) is 3.61. The van der Waals surface area contributed by atoms with E-state index in [1.54, 1.807) is 18.2 Å². The number of rotatable bonds is 6. The molecule has 0 bridgehead atoms. The van der Waals surface area contributed by atoms with Crippen molar-refractivity contribution in [2.45, 2.75) is 0 Å². The van der Waals surface area contributed by atoms with Crippen molar-refractivity contribution in [3.05, 3.63) is 29.8 Å². The Morgan fingerprint density at radius 3 is 2.68 bits per heavy atom. The van der Waals surface area contributed by atoms with Gasteiger partial charge in [0.1, 0.15) is 12.4 Å². The van der Waals surface area contributed by atoms with Gasteiger partial charge in [-0.1, -0.05) is 6.07 Å². The lowest BCUT2D eigenvalue weighted by Crippen LogP contribution is -2.17. The molecule has 0 unspecified atom stereocenters. The Morgan fingerprint density at radius 1 is 1.37 bits per heavy atom. The van der Waals surface area contributed by atoms with Crippen molar-refractivity contribution in [2.75, 3.05) is 26.1 Å². The molecule has 1 amide bonds. The molecule has 0 heterocycles. The molecule has 0 aliphatic rings. The SMILES string of the molecule is COCC(=O)Nc1cc(C=CC(=O)O)ccc1OC. The van der Waals surface area contributed by atoms with E-state index < -0.39 is 5.97 Å². The number of ether oxygens (including phenoxy) is 2. The maximum atomic E-state index is 11.5. The maximum absolute atomic E-state index is 11.5. The average molecular weight is 265 g/mol. The van der Waals surface area contributed by atoms with Crippen molar-refractivity contribution < 1.29 is 24.2 Å². The molecular weight excluding hydrogens is 250 g/mol. The third-order valence-electron chi connectivity index (χ3n) is 2.19. The van der Waals surface area contributed by atoms with Gasteiger partial charge in [0.25, 0.3) is 0 Å². The molecule has 1 rings (SSSR count). The van der Waals surface area contributed by atoms with Gasteiger partial charge < -0.3 is 19.9 Å². The molecule has 0 saturated heterocycles. The second kappa shape index (κ2) is 7.17. The standard InChI is InChI=1S/C13H15NO5/c1-18-8-12(15)14-10-7-9(4-6-13(16)17)3-5-11(10)19-2/h3-7H,8H2,1-2H3,(H,14,15)(H,16,17). The summed E-state index contributed by atoms with van der Waals surface area (Å²) in [6, 6.07) is 4.94. The van der Waals surface area contributed by atoms with Gasteiger partial charge in [-0.15, -0.1) is 0 Å². The summed E-state index contributed by atoms with van der Waals surface area (Å²) in [5.41, 5.74) is 1.09. The van der Waals surface area contributed by atoms with Crippen LogP contribution in [0.5, 0.6) is 5.75 Å². The fourth-order valence-corrected chi connectivity index (χ4v) is 1.41. The van der Waals surface area contributed by atoms with E-state index in [1.165, 1.54) is 20.3 Å². The van der Waals surface area contributed by atoms with Crippen LogP contribution in [0.4, 0.5) is 5.69 Å². The van der Waals surface area contributed by atoms with Gasteiger partial charge in [0.2, 0.25) is 5.91 Å². The van der Waals surface area contributed by atoms with Crippen molar-refractivity contribution in [1.29, 1.82) is 0 Å². The highest BCUT2D eigenvalue weighted by Crippen LogP contribution is 2.26. The number of hydrogen-bond acceptors (Lipinski definition) is 4. The number of nitrogens with one attached hydrogen (secondary N) is 1. The first-order valence-corrected chi connectivity index (χ1v) is 5.44. The van der Waals surface area contributed by atoms with Crippen molar-refractivity contribution in [3.8, 4) is 5.75 Å². The first-order chi connectivity index (χ1) is 9.06. The van der Waals surface area contributed by atoms with Gasteiger partial charge in [0, 0.05) is 13.2 Å². The molecule has 19 heavy (non-hydrogen) atoms. The highest BCUT2D eigenvalue weighted by Gasteiger charge is 2.07. The molecule has 0 aromatic heterocycles. The zero-order valence-electron chi connectivity index (χ0n) is 10.7. The first-order valence-electron chi connectivity index (χ1n) is 5.44. The van der Waals surface area contributed by atoms with Crippen LogP contribution in [0.25, 0.3) is 6.08 Å². The molecule has 0 spiro atoms. The third kappa shape index (κ3) is 4.81. The summed E-state index contributed by atoms with van der Waals surface area (Å²) < 4.78 is 9.82. The quantitative estimate of drug-likeness (QED) is 0.759. The van der Waals surface area contributed by atoms with Crippen LogP contribution in [0, 0.1) is 0 Å². The van der Waals surface area contributed by atoms with Gasteiger partial charge in [-0.05, 0) is 23.8 Å². The first kappa shape index (κ1) is 14.7. The number of anilines is 1. The Morgan fingerprint density at radius 2 is 2.11 bits per heavy atom. The largest absolute Gasteiger partial charge is 0.495 e. The van der Waals surface area contributed by atoms with Gasteiger partial charge in [-0.3, -0.25) is 4.79 Å². The van der Waals surface area contributed by atoms with Crippen molar-refractivity contribution >= 4 is 23.6 Å². The summed E-state index contributed by atoms with van der Waals surface area (Å²) in [5, 5.41) is 11.2. The Labute approximate surface area is 110 Å². The molecule has 0 saturated carbocycles. The summed E-state index contributed by atoms with van der Waals surface area (Å²) >= 11 is 0. The third-order valence-corrected chi connectivity index (χ3v) is 2.19. The lowest BCUT2D eigenvalue weighted by atomic mass is 10.1. The van der Waals surface area contributed by atoms with Crippen LogP contribution < -0.4 is 10.1 Å². The number of amides is 1. The molecule has 102 valence electrons. The zero-order valence-corrected chi connectivity index (χ0v) is 10.7. The van der Waals surface area contributed by atoms with E-state index >= 15 is 0 Å². The van der Waals surface area contributed by atoms with Crippen LogP contribution >= 0.6 is 0 Å². The van der Waals surface area contributed by atoms with Crippen molar-refractivity contribution in [1.82, 2.24) is 0 Å². The minimum atomic E-state index is -1.04. The predicted octanol–water partition coefficient (Wildman–Crippen LogP) is 1.38. The van der Waals surface area contributed by atoms with Crippen LogP contribution in [0.3, 0.4) is 0 Å². The van der Waals surface area contributed by atoms with E-state index in [1.807, 2.05) is 0 Å². The minimum Gasteiger partial charge on any atom is -0.495 e. The number of methoxy groups -OCH3 is 2. The van der Waals surface area contributed by atoms with E-state index in [0.717, 1.165) is 6.08 Å². The van der Waals surface area contributed by atoms with Gasteiger partial charge in [-0.2, -0.15) is 0 Å². The lowest BCUT2D eigenvalue weighted by molar-refractivity contribution is -0.131. The van der Waals surface area contributed by atoms with Crippen molar-refractivity contribution in [3.63, 3.8) is 0 Å². The maximum Gasteiger partial charge on any atom is 0.328 e. The second-order valence-electron chi connectivity index (χ2n) is 3.61. The van der Waals surface area contributed by atoms with E-state index in [-0.39, 0.29) is 12.5 Å². The highest BCUT2D eigenvalue weighted by atomic mass is 16.5. The molecule has 0 fully saturated rings. The summed E-state index contributed by atoms with van der Waals surface area (Å²) in [7, 11) is 2.90. The molecule has 2 N–H and O–H groups in total. The summed E-state index contributed by atoms with van der Waals surface area (Å²) in [4.78, 5) is 21.9. The summed E-state index contributed by atoms with van der Waals surface area (Å²) in [5.74, 6) is -0.877. The lowest BCUT2D eigenvalue weighted by Gasteiger charge is -2.10. The van der Waals surface area contributed by atoms with E-state index in [0.29, 0.717) is 17.0 Å². The monoisotopic (exact) mass is 265 g/mol. The molecule has 1 aromatic rings. The van der Waals surface area contributed by atoms with Crippen LogP contribution in [0.15, 0.2) is 24.3 Å². The van der Waals surface area contributed by atoms with E-state index in [9.17, 15) is 9.59 Å². The average Bonchev–Trinajstić information content (AvgIpc) is 2.36. The number of carboxylic acid groups (broad SMARTS) is 1. The van der Waals surface area contributed by atoms with E-state index in [2.05, 4.69) is 5.32 Å².